The molecule has 0 bridgehead atoms. The highest BCUT2D eigenvalue weighted by Crippen LogP contribution is 2.29. The summed E-state index contributed by atoms with van der Waals surface area (Å²) in [6, 6.07) is 6.88. The quantitative estimate of drug-likeness (QED) is 0.701. The summed E-state index contributed by atoms with van der Waals surface area (Å²) in [5.74, 6) is 1.28. The molecule has 0 aliphatic heterocycles. The van der Waals surface area contributed by atoms with Crippen molar-refractivity contribution in [2.75, 3.05) is 6.61 Å². The van der Waals surface area contributed by atoms with Crippen molar-refractivity contribution in [3.05, 3.63) is 29.3 Å². The van der Waals surface area contributed by atoms with Crippen molar-refractivity contribution in [3.8, 4) is 11.8 Å². The number of benzene rings is 1. The average molecular weight is 201 g/mol. The lowest BCUT2D eigenvalue weighted by molar-refractivity contribution is 0.112. The largest absolute Gasteiger partial charge is 0.493 e. The molecule has 1 aliphatic carbocycles. The molecule has 15 heavy (non-hydrogen) atoms. The predicted molar refractivity (Wildman–Crippen MR) is 54.8 cm³/mol. The summed E-state index contributed by atoms with van der Waals surface area (Å²) in [4.78, 5) is 10.6. The zero-order chi connectivity index (χ0) is 10.7. The van der Waals surface area contributed by atoms with Crippen LogP contribution in [0.4, 0.5) is 0 Å². The van der Waals surface area contributed by atoms with Crippen molar-refractivity contribution in [3.63, 3.8) is 0 Å². The summed E-state index contributed by atoms with van der Waals surface area (Å²) >= 11 is 0. The molecule has 76 valence electrons. The highest BCUT2D eigenvalue weighted by Gasteiger charge is 2.21. The van der Waals surface area contributed by atoms with Crippen LogP contribution >= 0.6 is 0 Å². The Kier molecular flexibility index (Phi) is 2.68. The first-order valence-corrected chi connectivity index (χ1v) is 4.95. The minimum atomic E-state index is 0.463. The molecule has 1 saturated carbocycles. The molecule has 0 saturated heterocycles. The van der Waals surface area contributed by atoms with Gasteiger partial charge in [0.25, 0.3) is 0 Å². The van der Waals surface area contributed by atoms with Gasteiger partial charge in [0, 0.05) is 5.56 Å². The third-order valence-electron chi connectivity index (χ3n) is 2.38. The normalized spacial score (nSPS) is 14.3. The molecular weight excluding hydrogens is 190 g/mol. The van der Waals surface area contributed by atoms with Gasteiger partial charge in [0.1, 0.15) is 12.0 Å². The second-order valence-corrected chi connectivity index (χ2v) is 3.77. The Labute approximate surface area is 88.3 Å². The van der Waals surface area contributed by atoms with Gasteiger partial charge in [-0.3, -0.25) is 4.79 Å². The zero-order valence-corrected chi connectivity index (χ0v) is 8.27. The Hall–Kier alpha value is -1.82. The van der Waals surface area contributed by atoms with Crippen LogP contribution < -0.4 is 4.74 Å². The summed E-state index contributed by atoms with van der Waals surface area (Å²) in [5.41, 5.74) is 0.949. The highest BCUT2D eigenvalue weighted by atomic mass is 16.5. The minimum absolute atomic E-state index is 0.463. The third kappa shape index (κ3) is 2.57. The van der Waals surface area contributed by atoms with Crippen LogP contribution in [-0.4, -0.2) is 12.9 Å². The van der Waals surface area contributed by atoms with Gasteiger partial charge < -0.3 is 4.74 Å². The number of rotatable bonds is 4. The van der Waals surface area contributed by atoms with Crippen LogP contribution in [0.15, 0.2) is 18.2 Å². The van der Waals surface area contributed by atoms with E-state index in [4.69, 9.17) is 10.00 Å². The fraction of sp³-hybridized carbons (Fsp3) is 0.333. The zero-order valence-electron chi connectivity index (χ0n) is 8.27. The fourth-order valence-corrected chi connectivity index (χ4v) is 1.34. The topological polar surface area (TPSA) is 50.1 Å². The summed E-state index contributed by atoms with van der Waals surface area (Å²) in [7, 11) is 0. The molecule has 3 heteroatoms. The molecule has 2 rings (SSSR count). The molecule has 0 unspecified atom stereocenters. The molecule has 3 nitrogen and oxygen atoms in total. The molecule has 0 atom stereocenters. The van der Waals surface area contributed by atoms with Gasteiger partial charge in [0.15, 0.2) is 0 Å². The lowest BCUT2D eigenvalue weighted by atomic mass is 10.1. The molecule has 0 radical (unpaired) electrons. The van der Waals surface area contributed by atoms with Crippen molar-refractivity contribution in [1.29, 1.82) is 5.26 Å². The summed E-state index contributed by atoms with van der Waals surface area (Å²) in [6.45, 7) is 0.688. The van der Waals surface area contributed by atoms with Gasteiger partial charge in [-0.05, 0) is 37.0 Å². The molecule has 1 aromatic carbocycles. The first-order chi connectivity index (χ1) is 7.31. The van der Waals surface area contributed by atoms with Crippen LogP contribution in [0.2, 0.25) is 0 Å². The van der Waals surface area contributed by atoms with Crippen molar-refractivity contribution < 1.29 is 9.53 Å². The van der Waals surface area contributed by atoms with E-state index in [9.17, 15) is 4.79 Å². The molecule has 1 aromatic rings. The first kappa shape index (κ1) is 9.72. The Balaban J connectivity index is 2.13. The van der Waals surface area contributed by atoms with Gasteiger partial charge in [0.05, 0.1) is 18.2 Å². The van der Waals surface area contributed by atoms with Crippen LogP contribution in [0.25, 0.3) is 0 Å². The van der Waals surface area contributed by atoms with Gasteiger partial charge in [-0.2, -0.15) is 5.26 Å². The second-order valence-electron chi connectivity index (χ2n) is 3.77. The summed E-state index contributed by atoms with van der Waals surface area (Å²) < 4.78 is 5.50. The Bertz CT molecular complexity index is 416. The SMILES string of the molecule is N#Cc1cc(C=O)cc(OCC2CC2)c1. The highest BCUT2D eigenvalue weighted by molar-refractivity contribution is 5.76. The summed E-state index contributed by atoms with van der Waals surface area (Å²) in [5, 5.41) is 8.75. The van der Waals surface area contributed by atoms with Gasteiger partial charge in [0.2, 0.25) is 0 Å². The monoisotopic (exact) mass is 201 g/mol. The number of ether oxygens (including phenoxy) is 1. The van der Waals surface area contributed by atoms with Crippen LogP contribution in [0, 0.1) is 17.2 Å². The van der Waals surface area contributed by atoms with E-state index in [0.717, 1.165) is 6.29 Å². The molecule has 0 spiro atoms. The Morgan fingerprint density at radius 1 is 1.47 bits per heavy atom. The number of hydrogen-bond acceptors (Lipinski definition) is 3. The molecule has 1 aliphatic rings. The lowest BCUT2D eigenvalue weighted by Crippen LogP contribution is -1.99. The molecule has 1 fully saturated rings. The van der Waals surface area contributed by atoms with Gasteiger partial charge >= 0.3 is 0 Å². The molecule has 0 N–H and O–H groups in total. The van der Waals surface area contributed by atoms with Crippen molar-refractivity contribution in [1.82, 2.24) is 0 Å². The number of nitriles is 1. The minimum Gasteiger partial charge on any atom is -0.493 e. The molecular formula is C12H11NO2. The number of hydrogen-bond donors (Lipinski definition) is 0. The van der Waals surface area contributed by atoms with E-state index in [1.165, 1.54) is 12.8 Å². The number of nitrogens with zero attached hydrogens (tertiary/aromatic N) is 1. The number of aldehydes is 1. The first-order valence-electron chi connectivity index (χ1n) is 4.95. The Morgan fingerprint density at radius 3 is 2.87 bits per heavy atom. The maximum absolute atomic E-state index is 10.6. The van der Waals surface area contributed by atoms with E-state index >= 15 is 0 Å². The van der Waals surface area contributed by atoms with Crippen molar-refractivity contribution >= 4 is 6.29 Å². The van der Waals surface area contributed by atoms with Crippen LogP contribution in [0.1, 0.15) is 28.8 Å². The predicted octanol–water partition coefficient (Wildman–Crippen LogP) is 2.16. The third-order valence-corrected chi connectivity index (χ3v) is 2.38. The average Bonchev–Trinajstić information content (AvgIpc) is 3.09. The lowest BCUT2D eigenvalue weighted by Gasteiger charge is -2.05. The molecule has 0 amide bonds. The van der Waals surface area contributed by atoms with E-state index in [1.54, 1.807) is 18.2 Å². The van der Waals surface area contributed by atoms with E-state index < -0.39 is 0 Å². The van der Waals surface area contributed by atoms with Crippen LogP contribution in [0.5, 0.6) is 5.75 Å². The van der Waals surface area contributed by atoms with Gasteiger partial charge in [-0.1, -0.05) is 0 Å². The Morgan fingerprint density at radius 2 is 2.27 bits per heavy atom. The number of carbonyl (C=O) groups is 1. The smallest absolute Gasteiger partial charge is 0.150 e. The maximum Gasteiger partial charge on any atom is 0.150 e. The van der Waals surface area contributed by atoms with Crippen LogP contribution in [0.3, 0.4) is 0 Å². The van der Waals surface area contributed by atoms with E-state index in [-0.39, 0.29) is 0 Å². The van der Waals surface area contributed by atoms with E-state index in [0.29, 0.717) is 29.4 Å². The van der Waals surface area contributed by atoms with Gasteiger partial charge in [-0.25, -0.2) is 0 Å². The fourth-order valence-electron chi connectivity index (χ4n) is 1.34. The van der Waals surface area contributed by atoms with E-state index in [2.05, 4.69) is 0 Å². The van der Waals surface area contributed by atoms with Crippen molar-refractivity contribution in [2.24, 2.45) is 5.92 Å². The van der Waals surface area contributed by atoms with E-state index in [1.807, 2.05) is 6.07 Å². The standard InChI is InChI=1S/C12H11NO2/c13-6-10-3-11(7-14)5-12(4-10)15-8-9-1-2-9/h3-5,7,9H,1-2,8H2. The van der Waals surface area contributed by atoms with Crippen LogP contribution in [-0.2, 0) is 0 Å². The number of carbonyl (C=O) groups excluding carboxylic acids is 1. The molecule has 0 aromatic heterocycles. The second kappa shape index (κ2) is 4.14. The molecule has 0 heterocycles. The maximum atomic E-state index is 10.6. The van der Waals surface area contributed by atoms with Gasteiger partial charge in [-0.15, -0.1) is 0 Å². The van der Waals surface area contributed by atoms with Crippen molar-refractivity contribution in [2.45, 2.75) is 12.8 Å². The summed E-state index contributed by atoms with van der Waals surface area (Å²) in [6.07, 6.45) is 3.17.